The van der Waals surface area contributed by atoms with Gasteiger partial charge in [0.15, 0.2) is 103 Å². The number of aromatic hydroxyl groups is 8. The molecule has 0 amide bonds. The third-order valence-corrected chi connectivity index (χ3v) is 12.3. The van der Waals surface area contributed by atoms with Gasteiger partial charge >= 0.3 is 11.9 Å². The molecule has 4 aromatic rings. The van der Waals surface area contributed by atoms with Crippen molar-refractivity contribution in [2.45, 2.75) is 71.5 Å². The van der Waals surface area contributed by atoms with E-state index in [4.69, 9.17) is 0 Å². The predicted molar refractivity (Wildman–Crippen MR) is 251 cm³/mol. The molecular formula is C50H48O24. The molecular weight excluding hydrogens is 985 g/mol. The minimum Gasteiger partial charge on any atom is -0.504 e. The van der Waals surface area contributed by atoms with Crippen LogP contribution >= 0.6 is 0 Å². The number of aliphatic hydroxyl groups is 8. The van der Waals surface area contributed by atoms with Crippen molar-refractivity contribution in [3.05, 3.63) is 119 Å². The lowest BCUT2D eigenvalue weighted by Gasteiger charge is -2.49. The summed E-state index contributed by atoms with van der Waals surface area (Å²) in [6, 6.07) is 13.7. The summed E-state index contributed by atoms with van der Waals surface area (Å²) in [6.07, 6.45) is -3.37. The van der Waals surface area contributed by atoms with Crippen molar-refractivity contribution in [2.24, 2.45) is 0 Å². The van der Waals surface area contributed by atoms with E-state index in [1.54, 1.807) is 0 Å². The molecule has 0 saturated heterocycles. The van der Waals surface area contributed by atoms with Crippen molar-refractivity contribution in [3.63, 3.8) is 0 Å². The van der Waals surface area contributed by atoms with Crippen LogP contribution in [-0.4, -0.2) is 173 Å². The molecule has 0 unspecified atom stereocenters. The standard InChI is InChI=1S/2C25H24O12/c2*26-15-5-1-13(9-17(15)28)3-7-19(30)24(36)11-23(35,22(33)34)12-25(37,21(24)32)20(31)8-4-14-2-6-16(27)18(29)10-14/h2*1-10,21,26-29,32,35-37H,11-12H2,(H,33,34)/b2*7-3+,8-4+/t2*21?,23?,24-,25-/m00/s1. The molecule has 24 nitrogen and oxygen atoms in total. The molecule has 24 heteroatoms. The van der Waals surface area contributed by atoms with Crippen LogP contribution in [0.1, 0.15) is 47.9 Å². The van der Waals surface area contributed by atoms with Gasteiger partial charge in [-0.25, -0.2) is 9.59 Å². The monoisotopic (exact) mass is 1030 g/mol. The molecule has 2 fully saturated rings. The van der Waals surface area contributed by atoms with Crippen molar-refractivity contribution in [2.75, 3.05) is 0 Å². The minimum absolute atomic E-state index is 0.150. The number of carboxylic acids is 2. The van der Waals surface area contributed by atoms with Gasteiger partial charge in [0, 0.05) is 25.7 Å². The Morgan fingerprint density at radius 3 is 0.703 bits per heavy atom. The summed E-state index contributed by atoms with van der Waals surface area (Å²) in [5.74, 6) is -13.3. The van der Waals surface area contributed by atoms with Crippen LogP contribution in [0.4, 0.5) is 0 Å². The maximum Gasteiger partial charge on any atom is 0.335 e. The Hall–Kier alpha value is -8.46. The summed E-state index contributed by atoms with van der Waals surface area (Å²) >= 11 is 0. The fraction of sp³-hybridized carbons (Fsp3) is 0.240. The minimum atomic E-state index is -3.14. The summed E-state index contributed by atoms with van der Waals surface area (Å²) in [4.78, 5) is 75.3. The van der Waals surface area contributed by atoms with Crippen LogP contribution in [0.2, 0.25) is 0 Å². The Kier molecular flexibility index (Phi) is 16.0. The van der Waals surface area contributed by atoms with Crippen LogP contribution in [-0.2, 0) is 28.8 Å². The number of hydrogen-bond donors (Lipinski definition) is 18. The molecule has 2 aliphatic rings. The first kappa shape index (κ1) is 56.5. The Morgan fingerprint density at radius 2 is 0.541 bits per heavy atom. The highest BCUT2D eigenvalue weighted by atomic mass is 16.4. The fourth-order valence-corrected chi connectivity index (χ4v) is 8.12. The summed E-state index contributed by atoms with van der Waals surface area (Å²) in [6.45, 7) is 0. The number of phenols is 8. The molecule has 0 heterocycles. The number of carbonyl (C=O) groups is 6. The Balaban J connectivity index is 0.000000274. The van der Waals surface area contributed by atoms with E-state index in [0.29, 0.717) is 24.3 Å². The zero-order valence-corrected chi connectivity index (χ0v) is 38.0. The Morgan fingerprint density at radius 1 is 0.351 bits per heavy atom. The normalized spacial score (nSPS) is 27.9. The smallest absolute Gasteiger partial charge is 0.335 e. The maximum atomic E-state index is 12.9. The zero-order chi connectivity index (χ0) is 55.5. The summed E-state index contributed by atoms with van der Waals surface area (Å²) in [5, 5.41) is 182. The molecule has 4 atom stereocenters. The first-order chi connectivity index (χ1) is 34.2. The average Bonchev–Trinajstić information content (AvgIpc) is 3.33. The van der Waals surface area contributed by atoms with Gasteiger partial charge in [0.2, 0.25) is 0 Å². The first-order valence-corrected chi connectivity index (χ1v) is 21.4. The lowest BCUT2D eigenvalue weighted by Crippen LogP contribution is -2.72. The van der Waals surface area contributed by atoms with E-state index in [1.807, 2.05) is 0 Å². The molecule has 18 N–H and O–H groups in total. The average molecular weight is 1030 g/mol. The second kappa shape index (κ2) is 20.9. The largest absolute Gasteiger partial charge is 0.504 e. The van der Waals surface area contributed by atoms with Crippen LogP contribution in [0.15, 0.2) is 97.1 Å². The van der Waals surface area contributed by atoms with Crippen LogP contribution in [0, 0.1) is 0 Å². The Bertz CT molecular complexity index is 2650. The van der Waals surface area contributed by atoms with E-state index in [-0.39, 0.29) is 22.3 Å². The summed E-state index contributed by atoms with van der Waals surface area (Å²) < 4.78 is 0. The van der Waals surface area contributed by atoms with Gasteiger partial charge in [-0.1, -0.05) is 48.6 Å². The number of ketones is 4. The van der Waals surface area contributed by atoms with Crippen LogP contribution in [0.5, 0.6) is 46.0 Å². The van der Waals surface area contributed by atoms with Gasteiger partial charge in [-0.15, -0.1) is 0 Å². The van der Waals surface area contributed by atoms with E-state index in [9.17, 15) is 121 Å². The molecule has 0 radical (unpaired) electrons. The first-order valence-electron chi connectivity index (χ1n) is 21.4. The van der Waals surface area contributed by atoms with Gasteiger partial charge in [-0.2, -0.15) is 0 Å². The zero-order valence-electron chi connectivity index (χ0n) is 38.0. The number of benzene rings is 4. The molecule has 4 aromatic carbocycles. The molecule has 2 aliphatic carbocycles. The number of rotatable bonds is 14. The highest BCUT2D eigenvalue weighted by molar-refractivity contribution is 6.07. The van der Waals surface area contributed by atoms with E-state index < -0.39 is 153 Å². The van der Waals surface area contributed by atoms with Crippen molar-refractivity contribution < 1.29 is 121 Å². The van der Waals surface area contributed by atoms with Crippen molar-refractivity contribution in [1.82, 2.24) is 0 Å². The van der Waals surface area contributed by atoms with Crippen LogP contribution in [0.25, 0.3) is 24.3 Å². The lowest BCUT2D eigenvalue weighted by molar-refractivity contribution is -0.235. The van der Waals surface area contributed by atoms with E-state index in [2.05, 4.69) is 0 Å². The van der Waals surface area contributed by atoms with Crippen molar-refractivity contribution in [1.29, 1.82) is 0 Å². The maximum absolute atomic E-state index is 12.9. The number of hydrogen-bond acceptors (Lipinski definition) is 22. The van der Waals surface area contributed by atoms with E-state index in [0.717, 1.165) is 72.8 Å². The van der Waals surface area contributed by atoms with E-state index >= 15 is 0 Å². The molecule has 6 rings (SSSR count). The van der Waals surface area contributed by atoms with Crippen molar-refractivity contribution in [3.8, 4) is 46.0 Å². The lowest BCUT2D eigenvalue weighted by atomic mass is 9.62. The SMILES string of the molecule is O=C(O)C1(O)C[C@](O)(C(=O)/C=C/c2ccc(O)c(O)c2)C(O)[C@@](O)(C(=O)/C=C/c2ccc(O)c(O)c2)C1.O=C(O)C1(O)C[C@](O)(C(=O)/C=C/c2ccc(O)c(O)c2)C(O)[C@@](O)(C(=O)/C=C/c2ccc(O)c(O)c2)C1. The second-order valence-corrected chi connectivity index (χ2v) is 17.7. The van der Waals surface area contributed by atoms with Gasteiger partial charge in [0.25, 0.3) is 0 Å². The van der Waals surface area contributed by atoms with Gasteiger partial charge in [0.05, 0.1) is 0 Å². The molecule has 0 bridgehead atoms. The second-order valence-electron chi connectivity index (χ2n) is 17.7. The molecule has 74 heavy (non-hydrogen) atoms. The predicted octanol–water partition coefficient (Wildman–Crippen LogP) is -0.387. The van der Waals surface area contributed by atoms with Gasteiger partial charge in [-0.3, -0.25) is 19.2 Å². The van der Waals surface area contributed by atoms with Gasteiger partial charge < -0.3 is 91.9 Å². The van der Waals surface area contributed by atoms with Crippen molar-refractivity contribution >= 4 is 59.4 Å². The van der Waals surface area contributed by atoms with E-state index in [1.165, 1.54) is 24.3 Å². The molecule has 392 valence electrons. The fourth-order valence-electron chi connectivity index (χ4n) is 8.12. The summed E-state index contributed by atoms with van der Waals surface area (Å²) in [5.41, 5.74) is -18.0. The van der Waals surface area contributed by atoms with Gasteiger partial charge in [0.1, 0.15) is 12.2 Å². The van der Waals surface area contributed by atoms with Gasteiger partial charge in [-0.05, 0) is 95.1 Å². The number of phenolic OH excluding ortho intramolecular Hbond substituents is 8. The Labute approximate surface area is 416 Å². The molecule has 0 aliphatic heterocycles. The number of carboxylic acid groups (broad SMARTS) is 2. The quantitative estimate of drug-likeness (QED) is 0.0565. The molecule has 2 saturated carbocycles. The molecule has 0 aromatic heterocycles. The van der Waals surface area contributed by atoms with Crippen LogP contribution < -0.4 is 0 Å². The number of carbonyl (C=O) groups excluding carboxylic acids is 4. The van der Waals surface area contributed by atoms with Crippen LogP contribution in [0.3, 0.4) is 0 Å². The third-order valence-electron chi connectivity index (χ3n) is 12.3. The summed E-state index contributed by atoms with van der Waals surface area (Å²) in [7, 11) is 0. The highest BCUT2D eigenvalue weighted by Crippen LogP contribution is 2.45. The number of aliphatic hydroxyl groups excluding tert-OH is 2. The third kappa shape index (κ3) is 11.4. The number of aliphatic carboxylic acids is 2. The molecule has 0 spiro atoms. The topological polar surface area (TPSA) is 467 Å². The highest BCUT2D eigenvalue weighted by Gasteiger charge is 2.68.